The number of fused-ring (bicyclic) bond motifs is 2. The SMILES string of the molecule is CCOc1ccc2c(c1)C(=O)N(CCCCN1CCC(n3c(=O)oc4cc(C)ccc43)CC1)S2(=O)=O. The Labute approximate surface area is 210 Å². The van der Waals surface area contributed by atoms with Gasteiger partial charge in [-0.3, -0.25) is 9.36 Å². The summed E-state index contributed by atoms with van der Waals surface area (Å²) in [6.07, 6.45) is 3.05. The molecule has 0 bridgehead atoms. The van der Waals surface area contributed by atoms with E-state index in [1.54, 1.807) is 10.6 Å². The predicted octanol–water partition coefficient (Wildman–Crippen LogP) is 3.56. The minimum Gasteiger partial charge on any atom is -0.494 e. The van der Waals surface area contributed by atoms with Crippen molar-refractivity contribution in [2.24, 2.45) is 0 Å². The van der Waals surface area contributed by atoms with Gasteiger partial charge < -0.3 is 14.1 Å². The zero-order valence-electron chi connectivity index (χ0n) is 20.6. The molecular weight excluding hydrogens is 482 g/mol. The highest BCUT2D eigenvalue weighted by atomic mass is 32.2. The van der Waals surface area contributed by atoms with E-state index >= 15 is 0 Å². The molecule has 36 heavy (non-hydrogen) atoms. The summed E-state index contributed by atoms with van der Waals surface area (Å²) in [5.41, 5.74) is 2.71. The van der Waals surface area contributed by atoms with Crippen molar-refractivity contribution in [3.63, 3.8) is 0 Å². The van der Waals surface area contributed by atoms with Crippen molar-refractivity contribution in [3.8, 4) is 5.75 Å². The Morgan fingerprint density at radius 1 is 1.03 bits per heavy atom. The van der Waals surface area contributed by atoms with Crippen molar-refractivity contribution in [2.75, 3.05) is 32.8 Å². The van der Waals surface area contributed by atoms with Crippen LogP contribution in [-0.4, -0.2) is 60.9 Å². The molecule has 2 aliphatic rings. The van der Waals surface area contributed by atoms with Crippen molar-refractivity contribution in [1.82, 2.24) is 13.8 Å². The van der Waals surface area contributed by atoms with E-state index in [0.29, 0.717) is 24.4 Å². The van der Waals surface area contributed by atoms with Crippen LogP contribution in [-0.2, 0) is 10.0 Å². The Hall–Kier alpha value is -3.11. The fourth-order valence-electron chi connectivity index (χ4n) is 5.22. The third kappa shape index (κ3) is 4.43. The number of carbonyl (C=O) groups excluding carboxylic acids is 1. The summed E-state index contributed by atoms with van der Waals surface area (Å²) in [7, 11) is -3.82. The Bertz CT molecular complexity index is 1450. The number of carbonyl (C=O) groups is 1. The Kier molecular flexibility index (Phi) is 6.65. The number of hydrogen-bond donors (Lipinski definition) is 0. The molecule has 3 heterocycles. The second kappa shape index (κ2) is 9.74. The molecule has 1 fully saturated rings. The number of aryl methyl sites for hydroxylation is 1. The standard InChI is InChI=1S/C26H31N3O6S/c1-3-34-20-7-9-24-21(17-20)25(30)28(36(24,32)33)13-5-4-12-27-14-10-19(11-15-27)29-22-8-6-18(2)16-23(22)35-26(29)31/h6-9,16-17,19H,3-5,10-15H2,1-2H3. The van der Waals surface area contributed by atoms with Crippen molar-refractivity contribution >= 4 is 27.0 Å². The number of nitrogens with zero attached hydrogens (tertiary/aromatic N) is 3. The van der Waals surface area contributed by atoms with Gasteiger partial charge in [-0.05, 0) is 82.0 Å². The number of ether oxygens (including phenoxy) is 1. The molecule has 1 saturated heterocycles. The Balaban J connectivity index is 1.13. The van der Waals surface area contributed by atoms with Crippen LogP contribution < -0.4 is 10.5 Å². The van der Waals surface area contributed by atoms with Crippen molar-refractivity contribution < 1.29 is 22.4 Å². The number of unbranched alkanes of at least 4 members (excludes halogenated alkanes) is 1. The molecule has 10 heteroatoms. The molecule has 0 saturated carbocycles. The molecule has 2 aliphatic heterocycles. The second-order valence-corrected chi connectivity index (χ2v) is 11.3. The molecule has 0 unspecified atom stereocenters. The van der Waals surface area contributed by atoms with Crippen LogP contribution in [0.25, 0.3) is 11.1 Å². The minimum absolute atomic E-state index is 0.0511. The molecule has 9 nitrogen and oxygen atoms in total. The van der Waals surface area contributed by atoms with Gasteiger partial charge in [-0.15, -0.1) is 0 Å². The first-order valence-electron chi connectivity index (χ1n) is 12.5. The highest BCUT2D eigenvalue weighted by Crippen LogP contribution is 2.33. The molecule has 0 spiro atoms. The lowest BCUT2D eigenvalue weighted by Gasteiger charge is -2.32. The lowest BCUT2D eigenvalue weighted by Crippen LogP contribution is -2.37. The van der Waals surface area contributed by atoms with Gasteiger partial charge in [0.05, 0.1) is 17.7 Å². The van der Waals surface area contributed by atoms with Crippen LogP contribution in [0.2, 0.25) is 0 Å². The van der Waals surface area contributed by atoms with E-state index in [1.165, 1.54) is 12.1 Å². The average Bonchev–Trinajstić information content (AvgIpc) is 3.27. The fraction of sp³-hybridized carbons (Fsp3) is 0.462. The first-order valence-corrected chi connectivity index (χ1v) is 13.9. The van der Waals surface area contributed by atoms with Crippen molar-refractivity contribution in [3.05, 3.63) is 58.1 Å². The molecule has 2 aromatic carbocycles. The van der Waals surface area contributed by atoms with E-state index < -0.39 is 15.9 Å². The first-order chi connectivity index (χ1) is 17.3. The molecule has 0 aliphatic carbocycles. The van der Waals surface area contributed by atoms with Crippen LogP contribution in [0.15, 0.2) is 50.5 Å². The number of likely N-dealkylation sites (tertiary alicyclic amines) is 1. The van der Waals surface area contributed by atoms with Crippen LogP contribution >= 0.6 is 0 Å². The van der Waals surface area contributed by atoms with E-state index in [9.17, 15) is 18.0 Å². The summed E-state index contributed by atoms with van der Waals surface area (Å²) in [6.45, 7) is 6.92. The Morgan fingerprint density at radius 2 is 1.78 bits per heavy atom. The normalized spacial score (nSPS) is 18.2. The van der Waals surface area contributed by atoms with Gasteiger partial charge in [-0.25, -0.2) is 17.5 Å². The highest BCUT2D eigenvalue weighted by Gasteiger charge is 2.41. The number of sulfonamides is 1. The molecule has 0 atom stereocenters. The summed E-state index contributed by atoms with van der Waals surface area (Å²) >= 11 is 0. The van der Waals surface area contributed by atoms with Gasteiger partial charge in [0.25, 0.3) is 15.9 Å². The molecule has 0 N–H and O–H groups in total. The maximum atomic E-state index is 12.9. The van der Waals surface area contributed by atoms with Gasteiger partial charge in [-0.2, -0.15) is 0 Å². The number of hydrogen-bond acceptors (Lipinski definition) is 7. The smallest absolute Gasteiger partial charge is 0.420 e. The average molecular weight is 514 g/mol. The predicted molar refractivity (Wildman–Crippen MR) is 135 cm³/mol. The zero-order valence-corrected chi connectivity index (χ0v) is 21.4. The summed E-state index contributed by atoms with van der Waals surface area (Å²) in [5.74, 6) is -0.300. The zero-order chi connectivity index (χ0) is 25.4. The van der Waals surface area contributed by atoms with Gasteiger partial charge in [-0.1, -0.05) is 6.07 Å². The van der Waals surface area contributed by atoms with E-state index in [2.05, 4.69) is 4.90 Å². The maximum Gasteiger partial charge on any atom is 0.420 e. The quantitative estimate of drug-likeness (QED) is 0.425. The van der Waals surface area contributed by atoms with Crippen LogP contribution in [0, 0.1) is 6.92 Å². The van der Waals surface area contributed by atoms with E-state index in [4.69, 9.17) is 9.15 Å². The van der Waals surface area contributed by atoms with Gasteiger partial charge in [0.1, 0.15) is 10.6 Å². The summed E-state index contributed by atoms with van der Waals surface area (Å²) in [4.78, 5) is 27.7. The van der Waals surface area contributed by atoms with E-state index in [1.807, 2.05) is 32.0 Å². The Morgan fingerprint density at radius 3 is 2.53 bits per heavy atom. The van der Waals surface area contributed by atoms with Crippen LogP contribution in [0.1, 0.15) is 54.6 Å². The maximum absolute atomic E-state index is 12.9. The molecule has 1 aromatic heterocycles. The number of rotatable bonds is 8. The fourth-order valence-corrected chi connectivity index (χ4v) is 6.81. The number of benzene rings is 2. The van der Waals surface area contributed by atoms with Gasteiger partial charge in [0.15, 0.2) is 5.58 Å². The molecular formula is C26H31N3O6S. The molecule has 0 radical (unpaired) electrons. The van der Waals surface area contributed by atoms with Crippen LogP contribution in [0.4, 0.5) is 0 Å². The van der Waals surface area contributed by atoms with Crippen molar-refractivity contribution in [2.45, 2.75) is 50.5 Å². The first kappa shape index (κ1) is 24.6. The van der Waals surface area contributed by atoms with Crippen LogP contribution in [0.5, 0.6) is 5.75 Å². The number of oxazole rings is 1. The lowest BCUT2D eigenvalue weighted by molar-refractivity contribution is 0.0867. The van der Waals surface area contributed by atoms with Gasteiger partial charge in [0, 0.05) is 25.7 Å². The topological polar surface area (TPSA) is 102 Å². The number of amides is 1. The van der Waals surface area contributed by atoms with Crippen molar-refractivity contribution in [1.29, 1.82) is 0 Å². The van der Waals surface area contributed by atoms with E-state index in [0.717, 1.165) is 54.3 Å². The number of piperidine rings is 1. The van der Waals surface area contributed by atoms with Crippen LogP contribution in [0.3, 0.4) is 0 Å². The summed E-state index contributed by atoms with van der Waals surface area (Å²) in [6, 6.07) is 10.5. The monoisotopic (exact) mass is 513 g/mol. The minimum atomic E-state index is -3.82. The lowest BCUT2D eigenvalue weighted by atomic mass is 10.0. The summed E-state index contributed by atoms with van der Waals surface area (Å²) < 4.78 is 39.4. The van der Waals surface area contributed by atoms with Gasteiger partial charge in [0.2, 0.25) is 0 Å². The third-order valence-corrected chi connectivity index (χ3v) is 8.90. The largest absolute Gasteiger partial charge is 0.494 e. The second-order valence-electron chi connectivity index (χ2n) is 9.46. The third-order valence-electron chi connectivity index (χ3n) is 7.06. The molecule has 3 aromatic rings. The number of aromatic nitrogens is 1. The van der Waals surface area contributed by atoms with Gasteiger partial charge >= 0.3 is 5.76 Å². The molecule has 1 amide bonds. The highest BCUT2D eigenvalue weighted by molar-refractivity contribution is 7.90. The van der Waals surface area contributed by atoms with E-state index in [-0.39, 0.29) is 28.8 Å². The summed E-state index contributed by atoms with van der Waals surface area (Å²) in [5, 5.41) is 0. The molecule has 5 rings (SSSR count). The molecule has 192 valence electrons.